The van der Waals surface area contributed by atoms with Gasteiger partial charge >= 0.3 is 8.60 Å². The number of benzene rings is 2. The molecular weight excluding hydrogens is 523 g/mol. The van der Waals surface area contributed by atoms with E-state index < -0.39 is 8.60 Å². The van der Waals surface area contributed by atoms with E-state index in [-0.39, 0.29) is 0 Å². The maximum atomic E-state index is 6.81. The van der Waals surface area contributed by atoms with Crippen molar-refractivity contribution in [2.45, 2.75) is 144 Å². The minimum absolute atomic E-state index is 0.490. The average molecular weight is 585 g/mol. The van der Waals surface area contributed by atoms with Gasteiger partial charge in [0.25, 0.3) is 0 Å². The molecule has 0 saturated carbocycles. The molecule has 0 aromatic heterocycles. The zero-order valence-corrected chi connectivity index (χ0v) is 28.9. The summed E-state index contributed by atoms with van der Waals surface area (Å²) >= 11 is 0. The summed E-state index contributed by atoms with van der Waals surface area (Å²) in [5, 5.41) is 0. The second-order valence-corrected chi connectivity index (χ2v) is 13.3. The van der Waals surface area contributed by atoms with Crippen molar-refractivity contribution < 1.29 is 13.6 Å². The molecule has 3 nitrogen and oxygen atoms in total. The molecule has 0 spiro atoms. The second kappa shape index (κ2) is 19.7. The summed E-state index contributed by atoms with van der Waals surface area (Å²) in [6.45, 7) is 19.0. The maximum Gasteiger partial charge on any atom is 0.396 e. The molecule has 0 heterocycles. The van der Waals surface area contributed by atoms with Gasteiger partial charge in [0.2, 0.25) is 0 Å². The standard InChI is InChI=1S/C37H61O3P/c1-10-16-19-30(15-6)27-39-41(38-9)40-37-32(21-18-12-3)24-34(29(8)14-5)26-36(37)35-23-31(20-17-11-2)22-33(25-35)28(7)13-4/h22-26,28-30H,10-21,27H2,1-9H3. The summed E-state index contributed by atoms with van der Waals surface area (Å²) in [5.74, 6) is 2.51. The van der Waals surface area contributed by atoms with Crippen LogP contribution >= 0.6 is 8.60 Å². The molecule has 2 aromatic carbocycles. The molecule has 232 valence electrons. The van der Waals surface area contributed by atoms with Crippen molar-refractivity contribution in [2.75, 3.05) is 13.7 Å². The van der Waals surface area contributed by atoms with E-state index in [1.807, 2.05) is 0 Å². The van der Waals surface area contributed by atoms with Crippen molar-refractivity contribution in [3.8, 4) is 16.9 Å². The van der Waals surface area contributed by atoms with Gasteiger partial charge in [-0.15, -0.1) is 0 Å². The van der Waals surface area contributed by atoms with Gasteiger partial charge in [-0.2, -0.15) is 0 Å². The van der Waals surface area contributed by atoms with E-state index in [0.717, 1.165) is 50.7 Å². The Morgan fingerprint density at radius 3 is 1.93 bits per heavy atom. The first-order valence-electron chi connectivity index (χ1n) is 16.8. The topological polar surface area (TPSA) is 27.7 Å². The highest BCUT2D eigenvalue weighted by molar-refractivity contribution is 7.42. The Morgan fingerprint density at radius 2 is 1.34 bits per heavy atom. The summed E-state index contributed by atoms with van der Waals surface area (Å²) < 4.78 is 19.1. The molecule has 4 atom stereocenters. The molecule has 0 radical (unpaired) electrons. The molecule has 0 aliphatic rings. The number of hydrogen-bond acceptors (Lipinski definition) is 3. The lowest BCUT2D eigenvalue weighted by Gasteiger charge is -2.24. The fraction of sp³-hybridized carbons (Fsp3) is 0.676. The maximum absolute atomic E-state index is 6.81. The fourth-order valence-electron chi connectivity index (χ4n) is 5.28. The van der Waals surface area contributed by atoms with Crippen LogP contribution in [0.1, 0.15) is 154 Å². The van der Waals surface area contributed by atoms with Crippen molar-refractivity contribution in [3.05, 3.63) is 52.6 Å². The smallest absolute Gasteiger partial charge is 0.396 e. The lowest BCUT2D eigenvalue weighted by molar-refractivity contribution is 0.190. The SMILES string of the molecule is CCCCc1cc(-c2cc(C(C)CC)cc(CCCC)c2OP(OC)OCC(CC)CCCC)cc(C(C)CC)c1. The second-order valence-electron chi connectivity index (χ2n) is 12.1. The van der Waals surface area contributed by atoms with Crippen LogP contribution in [0, 0.1) is 5.92 Å². The van der Waals surface area contributed by atoms with E-state index in [9.17, 15) is 0 Å². The van der Waals surface area contributed by atoms with Crippen LogP contribution < -0.4 is 4.52 Å². The van der Waals surface area contributed by atoms with Gasteiger partial charge in [-0.1, -0.05) is 112 Å². The Labute approximate surface area is 255 Å². The summed E-state index contributed by atoms with van der Waals surface area (Å²) in [6.07, 6.45) is 13.8. The van der Waals surface area contributed by atoms with Crippen LogP contribution in [0.15, 0.2) is 30.3 Å². The Kier molecular flexibility index (Phi) is 17.2. The highest BCUT2D eigenvalue weighted by atomic mass is 31.2. The first-order chi connectivity index (χ1) is 19.8. The van der Waals surface area contributed by atoms with Crippen LogP contribution in [-0.4, -0.2) is 13.7 Å². The van der Waals surface area contributed by atoms with E-state index in [1.54, 1.807) is 7.11 Å². The van der Waals surface area contributed by atoms with Crippen LogP contribution in [0.2, 0.25) is 0 Å². The normalized spacial score (nSPS) is 14.6. The molecular formula is C37H61O3P. The number of unbranched alkanes of at least 4 members (excludes halogenated alkanes) is 3. The molecule has 0 bridgehead atoms. The molecule has 0 N–H and O–H groups in total. The van der Waals surface area contributed by atoms with Gasteiger partial charge in [-0.25, -0.2) is 0 Å². The fourth-order valence-corrected chi connectivity index (χ4v) is 6.21. The monoisotopic (exact) mass is 584 g/mol. The molecule has 0 saturated heterocycles. The van der Waals surface area contributed by atoms with Gasteiger partial charge in [0.15, 0.2) is 0 Å². The molecule has 0 aliphatic heterocycles. The molecule has 4 heteroatoms. The number of rotatable bonds is 21. The molecule has 0 aliphatic carbocycles. The molecule has 41 heavy (non-hydrogen) atoms. The van der Waals surface area contributed by atoms with Crippen LogP contribution in [0.25, 0.3) is 11.1 Å². The van der Waals surface area contributed by atoms with E-state index in [0.29, 0.717) is 24.4 Å². The van der Waals surface area contributed by atoms with Crippen molar-refractivity contribution in [2.24, 2.45) is 5.92 Å². The van der Waals surface area contributed by atoms with Crippen molar-refractivity contribution in [3.63, 3.8) is 0 Å². The van der Waals surface area contributed by atoms with Crippen molar-refractivity contribution >= 4 is 8.60 Å². The first kappa shape index (κ1) is 35.8. The van der Waals surface area contributed by atoms with E-state index >= 15 is 0 Å². The summed E-state index contributed by atoms with van der Waals surface area (Å²) in [7, 11) is 0.232. The predicted octanol–water partition coefficient (Wildman–Crippen LogP) is 12.6. The van der Waals surface area contributed by atoms with Crippen LogP contribution in [0.3, 0.4) is 0 Å². The minimum Gasteiger partial charge on any atom is -0.426 e. The van der Waals surface area contributed by atoms with E-state index in [4.69, 9.17) is 13.6 Å². The molecule has 4 unspecified atom stereocenters. The molecule has 0 fully saturated rings. The van der Waals surface area contributed by atoms with Crippen LogP contribution in [0.5, 0.6) is 5.75 Å². The summed E-state index contributed by atoms with van der Waals surface area (Å²) in [4.78, 5) is 0. The zero-order chi connectivity index (χ0) is 30.2. The number of hydrogen-bond donors (Lipinski definition) is 0. The Bertz CT molecular complexity index is 1000. The third-order valence-electron chi connectivity index (χ3n) is 8.77. The first-order valence-corrected chi connectivity index (χ1v) is 17.9. The van der Waals surface area contributed by atoms with Gasteiger partial charge in [-0.3, -0.25) is 0 Å². The van der Waals surface area contributed by atoms with Crippen molar-refractivity contribution in [1.82, 2.24) is 0 Å². The molecule has 0 amide bonds. The molecule has 2 aromatic rings. The van der Waals surface area contributed by atoms with E-state index in [1.165, 1.54) is 65.5 Å². The third kappa shape index (κ3) is 11.3. The van der Waals surface area contributed by atoms with Gasteiger partial charge < -0.3 is 13.6 Å². The Morgan fingerprint density at radius 1 is 0.707 bits per heavy atom. The minimum atomic E-state index is -1.49. The van der Waals surface area contributed by atoms with Crippen LogP contribution in [0.4, 0.5) is 0 Å². The highest BCUT2D eigenvalue weighted by Gasteiger charge is 2.23. The highest BCUT2D eigenvalue weighted by Crippen LogP contribution is 2.48. The predicted molar refractivity (Wildman–Crippen MR) is 180 cm³/mol. The third-order valence-corrected chi connectivity index (χ3v) is 9.76. The average Bonchev–Trinajstić information content (AvgIpc) is 3.01. The Hall–Kier alpha value is -1.41. The Balaban J connectivity index is 2.66. The number of aryl methyl sites for hydroxylation is 2. The van der Waals surface area contributed by atoms with Crippen LogP contribution in [-0.2, 0) is 21.9 Å². The summed E-state index contributed by atoms with van der Waals surface area (Å²) in [5.41, 5.74) is 8.02. The lowest BCUT2D eigenvalue weighted by Crippen LogP contribution is -2.09. The molecule has 2 rings (SSSR count). The lowest BCUT2D eigenvalue weighted by atomic mass is 9.87. The van der Waals surface area contributed by atoms with E-state index in [2.05, 4.69) is 85.7 Å². The summed E-state index contributed by atoms with van der Waals surface area (Å²) in [6, 6.07) is 12.1. The quantitative estimate of drug-likeness (QED) is 0.137. The van der Waals surface area contributed by atoms with Crippen molar-refractivity contribution in [1.29, 1.82) is 0 Å². The van der Waals surface area contributed by atoms with Gasteiger partial charge in [0, 0.05) is 12.7 Å². The van der Waals surface area contributed by atoms with Gasteiger partial charge in [0.1, 0.15) is 5.75 Å². The van der Waals surface area contributed by atoms with Gasteiger partial charge in [0.05, 0.1) is 6.61 Å². The zero-order valence-electron chi connectivity index (χ0n) is 28.0. The van der Waals surface area contributed by atoms with Gasteiger partial charge in [-0.05, 0) is 96.6 Å². The largest absolute Gasteiger partial charge is 0.426 e.